The van der Waals surface area contributed by atoms with Crippen molar-refractivity contribution in [2.45, 2.75) is 33.7 Å². The van der Waals surface area contributed by atoms with Gasteiger partial charge in [0.05, 0.1) is 16.6 Å². The van der Waals surface area contributed by atoms with Crippen LogP contribution in [0.2, 0.25) is 0 Å². The van der Waals surface area contributed by atoms with Gasteiger partial charge in [0.2, 0.25) is 5.91 Å². The number of amides is 1. The number of benzene rings is 2. The zero-order valence-corrected chi connectivity index (χ0v) is 16.6. The minimum Gasteiger partial charge on any atom is -0.354 e. The Morgan fingerprint density at radius 1 is 1.04 bits per heavy atom. The van der Waals surface area contributed by atoms with Gasteiger partial charge in [0.15, 0.2) is 0 Å². The van der Waals surface area contributed by atoms with Gasteiger partial charge < -0.3 is 5.32 Å². The Kier molecular flexibility index (Phi) is 5.49. The van der Waals surface area contributed by atoms with Crippen LogP contribution in [0.4, 0.5) is 0 Å². The van der Waals surface area contributed by atoms with Gasteiger partial charge in [-0.2, -0.15) is 0 Å². The highest BCUT2D eigenvalue weighted by Gasteiger charge is 2.22. The standard InChI is InChI=1S/C22H25N3O3/c1-14(2)13-23-20(26)16(4)24-19-11-6-5-10-18(19)21(27)25(22(24)28)17-9-7-8-15(3)12-17/h5-12,14,16H,13H2,1-4H3,(H,23,26). The zero-order valence-electron chi connectivity index (χ0n) is 16.6. The molecule has 6 heteroatoms. The maximum Gasteiger partial charge on any atom is 0.336 e. The average molecular weight is 379 g/mol. The summed E-state index contributed by atoms with van der Waals surface area (Å²) in [6.45, 7) is 8.10. The molecule has 0 aliphatic heterocycles. The zero-order chi connectivity index (χ0) is 20.4. The Bertz CT molecular complexity index is 1140. The molecule has 0 radical (unpaired) electrons. The Morgan fingerprint density at radius 3 is 2.43 bits per heavy atom. The lowest BCUT2D eigenvalue weighted by molar-refractivity contribution is -0.124. The number of hydrogen-bond acceptors (Lipinski definition) is 3. The predicted octanol–water partition coefficient (Wildman–Crippen LogP) is 2.79. The summed E-state index contributed by atoms with van der Waals surface area (Å²) >= 11 is 0. The summed E-state index contributed by atoms with van der Waals surface area (Å²) in [5, 5.41) is 3.26. The number of hydrogen-bond donors (Lipinski definition) is 1. The van der Waals surface area contributed by atoms with Gasteiger partial charge in [0.25, 0.3) is 5.56 Å². The van der Waals surface area contributed by atoms with Crippen molar-refractivity contribution in [3.8, 4) is 5.69 Å². The van der Waals surface area contributed by atoms with Gasteiger partial charge in [-0.3, -0.25) is 14.2 Å². The lowest BCUT2D eigenvalue weighted by Gasteiger charge is -2.20. The highest BCUT2D eigenvalue weighted by molar-refractivity contribution is 5.84. The monoisotopic (exact) mass is 379 g/mol. The molecule has 1 N–H and O–H groups in total. The second kappa shape index (κ2) is 7.84. The Balaban J connectivity index is 2.26. The minimum absolute atomic E-state index is 0.254. The Morgan fingerprint density at radius 2 is 1.75 bits per heavy atom. The van der Waals surface area contributed by atoms with E-state index in [9.17, 15) is 14.4 Å². The molecule has 0 bridgehead atoms. The molecule has 2 aromatic carbocycles. The number of nitrogens with one attached hydrogen (secondary N) is 1. The fourth-order valence-corrected chi connectivity index (χ4v) is 3.22. The van der Waals surface area contributed by atoms with Gasteiger partial charge in [-0.25, -0.2) is 9.36 Å². The van der Waals surface area contributed by atoms with Crippen molar-refractivity contribution in [2.24, 2.45) is 5.92 Å². The van der Waals surface area contributed by atoms with Crippen molar-refractivity contribution < 1.29 is 4.79 Å². The number of aryl methyl sites for hydroxylation is 1. The number of aromatic nitrogens is 2. The number of carbonyl (C=O) groups is 1. The maximum atomic E-state index is 13.3. The molecule has 0 spiro atoms. The molecular formula is C22H25N3O3. The highest BCUT2D eigenvalue weighted by Crippen LogP contribution is 2.15. The second-order valence-corrected chi connectivity index (χ2v) is 7.46. The molecule has 3 rings (SSSR count). The van der Waals surface area contributed by atoms with Gasteiger partial charge in [-0.15, -0.1) is 0 Å². The van der Waals surface area contributed by atoms with Crippen molar-refractivity contribution in [2.75, 3.05) is 6.54 Å². The van der Waals surface area contributed by atoms with Crippen LogP contribution in [0.5, 0.6) is 0 Å². The Hall–Kier alpha value is -3.15. The first kappa shape index (κ1) is 19.6. The molecule has 28 heavy (non-hydrogen) atoms. The van der Waals surface area contributed by atoms with Crippen LogP contribution in [-0.2, 0) is 4.79 Å². The number of carbonyl (C=O) groups excluding carboxylic acids is 1. The topological polar surface area (TPSA) is 73.1 Å². The van der Waals surface area contributed by atoms with Gasteiger partial charge >= 0.3 is 5.69 Å². The smallest absolute Gasteiger partial charge is 0.336 e. The molecule has 1 aromatic heterocycles. The first-order valence-corrected chi connectivity index (χ1v) is 9.42. The quantitative estimate of drug-likeness (QED) is 0.741. The van der Waals surface area contributed by atoms with Gasteiger partial charge in [-0.1, -0.05) is 38.1 Å². The molecule has 0 aliphatic rings. The number of fused-ring (bicyclic) bond motifs is 1. The fourth-order valence-electron chi connectivity index (χ4n) is 3.22. The van der Waals surface area contributed by atoms with E-state index < -0.39 is 17.3 Å². The van der Waals surface area contributed by atoms with Crippen LogP contribution in [0.3, 0.4) is 0 Å². The molecule has 1 heterocycles. The summed E-state index contributed by atoms with van der Waals surface area (Å²) in [4.78, 5) is 39.1. The normalized spacial score (nSPS) is 12.3. The molecular weight excluding hydrogens is 354 g/mol. The fraction of sp³-hybridized carbons (Fsp3) is 0.318. The highest BCUT2D eigenvalue weighted by atomic mass is 16.2. The van der Waals surface area contributed by atoms with Crippen molar-refractivity contribution >= 4 is 16.8 Å². The summed E-state index contributed by atoms with van der Waals surface area (Å²) in [6.07, 6.45) is 0. The summed E-state index contributed by atoms with van der Waals surface area (Å²) in [6, 6.07) is 13.3. The number of para-hydroxylation sites is 1. The van der Waals surface area contributed by atoms with Crippen LogP contribution in [0.25, 0.3) is 16.6 Å². The van der Waals surface area contributed by atoms with E-state index in [-0.39, 0.29) is 5.91 Å². The minimum atomic E-state index is -0.757. The van der Waals surface area contributed by atoms with Crippen LogP contribution < -0.4 is 16.6 Å². The first-order chi connectivity index (χ1) is 13.3. The van der Waals surface area contributed by atoms with E-state index in [4.69, 9.17) is 0 Å². The lowest BCUT2D eigenvalue weighted by Crippen LogP contribution is -2.44. The number of rotatable bonds is 5. The van der Waals surface area contributed by atoms with Crippen molar-refractivity contribution in [1.29, 1.82) is 0 Å². The van der Waals surface area contributed by atoms with Gasteiger partial charge in [0, 0.05) is 6.54 Å². The van der Waals surface area contributed by atoms with E-state index in [1.165, 1.54) is 4.57 Å². The first-order valence-electron chi connectivity index (χ1n) is 9.42. The Labute approximate surface area is 163 Å². The van der Waals surface area contributed by atoms with E-state index in [2.05, 4.69) is 5.32 Å². The average Bonchev–Trinajstić information content (AvgIpc) is 2.66. The summed E-state index contributed by atoms with van der Waals surface area (Å²) in [5.74, 6) is 0.0428. The van der Waals surface area contributed by atoms with E-state index in [0.717, 1.165) is 10.1 Å². The molecule has 1 atom stereocenters. The van der Waals surface area contributed by atoms with Crippen LogP contribution >= 0.6 is 0 Å². The summed E-state index contributed by atoms with van der Waals surface area (Å²) < 4.78 is 2.54. The summed E-state index contributed by atoms with van der Waals surface area (Å²) in [7, 11) is 0. The van der Waals surface area contributed by atoms with Crippen LogP contribution in [0.1, 0.15) is 32.4 Å². The van der Waals surface area contributed by atoms with Crippen molar-refractivity contribution in [1.82, 2.24) is 14.5 Å². The second-order valence-electron chi connectivity index (χ2n) is 7.46. The summed E-state index contributed by atoms with van der Waals surface area (Å²) in [5.41, 5.74) is 0.961. The molecule has 1 amide bonds. The van der Waals surface area contributed by atoms with E-state index in [0.29, 0.717) is 29.1 Å². The molecule has 0 saturated heterocycles. The van der Waals surface area contributed by atoms with Crippen molar-refractivity contribution in [3.05, 3.63) is 74.9 Å². The molecule has 0 aliphatic carbocycles. The third-order valence-corrected chi connectivity index (χ3v) is 4.71. The van der Waals surface area contributed by atoms with Crippen LogP contribution in [0.15, 0.2) is 58.1 Å². The molecule has 0 saturated carbocycles. The van der Waals surface area contributed by atoms with E-state index >= 15 is 0 Å². The molecule has 1 unspecified atom stereocenters. The molecule has 3 aromatic rings. The number of nitrogens with zero attached hydrogens (tertiary/aromatic N) is 2. The molecule has 146 valence electrons. The van der Waals surface area contributed by atoms with Crippen LogP contribution in [0, 0.1) is 12.8 Å². The third-order valence-electron chi connectivity index (χ3n) is 4.71. The maximum absolute atomic E-state index is 13.3. The SMILES string of the molecule is Cc1cccc(-n2c(=O)c3ccccc3n(C(C)C(=O)NCC(C)C)c2=O)c1. The van der Waals surface area contributed by atoms with Gasteiger partial charge in [-0.05, 0) is 49.6 Å². The van der Waals surface area contributed by atoms with Crippen LogP contribution in [-0.4, -0.2) is 21.6 Å². The molecule has 6 nitrogen and oxygen atoms in total. The van der Waals surface area contributed by atoms with E-state index in [1.54, 1.807) is 49.4 Å². The largest absolute Gasteiger partial charge is 0.354 e. The van der Waals surface area contributed by atoms with Gasteiger partial charge in [0.1, 0.15) is 6.04 Å². The van der Waals surface area contributed by atoms with E-state index in [1.807, 2.05) is 26.8 Å². The van der Waals surface area contributed by atoms with Crippen molar-refractivity contribution in [3.63, 3.8) is 0 Å². The lowest BCUT2D eigenvalue weighted by atomic mass is 10.2. The molecule has 0 fully saturated rings. The third kappa shape index (κ3) is 3.63. The predicted molar refractivity (Wildman–Crippen MR) is 111 cm³/mol.